The Balaban J connectivity index is 1.78. The Hall–Kier alpha value is -2.66. The maximum Gasteiger partial charge on any atom is 0.449 e. The summed E-state index contributed by atoms with van der Waals surface area (Å²) >= 11 is 0. The van der Waals surface area contributed by atoms with E-state index < -0.39 is 53.1 Å². The van der Waals surface area contributed by atoms with Gasteiger partial charge in [-0.15, -0.1) is 0 Å². The molecule has 1 aromatic heterocycles. The minimum absolute atomic E-state index is 0.0883. The summed E-state index contributed by atoms with van der Waals surface area (Å²) in [5.74, 6) is -6.39. The molecule has 14 heteroatoms. The van der Waals surface area contributed by atoms with Crippen LogP contribution in [-0.4, -0.2) is 46.0 Å². The largest absolute Gasteiger partial charge is 0.464 e. The first kappa shape index (κ1) is 25.0. The Morgan fingerprint density at radius 1 is 1.18 bits per heavy atom. The Morgan fingerprint density at radius 3 is 2.45 bits per heavy atom. The van der Waals surface area contributed by atoms with E-state index in [1.165, 1.54) is 4.90 Å². The van der Waals surface area contributed by atoms with Gasteiger partial charge in [0.15, 0.2) is 17.3 Å². The normalized spacial score (nSPS) is 14.7. The van der Waals surface area contributed by atoms with Crippen LogP contribution in [0.4, 0.5) is 26.3 Å². The molecule has 0 saturated heterocycles. The van der Waals surface area contributed by atoms with Crippen LogP contribution in [0.5, 0.6) is 0 Å². The molecule has 2 atom stereocenters. The lowest BCUT2D eigenvalue weighted by Gasteiger charge is -2.30. The fourth-order valence-corrected chi connectivity index (χ4v) is 3.81. The fourth-order valence-electron chi connectivity index (χ4n) is 3.57. The van der Waals surface area contributed by atoms with Gasteiger partial charge in [-0.2, -0.15) is 13.2 Å². The molecule has 7 nitrogen and oxygen atoms in total. The minimum atomic E-state index is -4.81. The third kappa shape index (κ3) is 5.30. The van der Waals surface area contributed by atoms with E-state index in [-0.39, 0.29) is 43.7 Å². The van der Waals surface area contributed by atoms with Crippen molar-refractivity contribution in [3.8, 4) is 0 Å². The fraction of sp³-hybridized carbons (Fsp3) is 0.421. The number of carbonyl (C=O) groups is 2. The molecule has 33 heavy (non-hydrogen) atoms. The number of nitrogens with one attached hydrogen (secondary N) is 1. The first-order chi connectivity index (χ1) is 15.5. The molecule has 1 N–H and O–H groups in total. The van der Waals surface area contributed by atoms with E-state index in [4.69, 9.17) is 0 Å². The summed E-state index contributed by atoms with van der Waals surface area (Å²) in [6, 6.07) is 0.398. The van der Waals surface area contributed by atoms with Crippen LogP contribution in [-0.2, 0) is 35.2 Å². The molecule has 0 saturated carbocycles. The van der Waals surface area contributed by atoms with E-state index in [2.05, 4.69) is 24.2 Å². The number of ether oxygens (including phenoxy) is 1. The minimum Gasteiger partial charge on any atom is -0.464 e. The molecule has 3 rings (SSSR count). The summed E-state index contributed by atoms with van der Waals surface area (Å²) in [7, 11) is 3.15. The number of rotatable bonds is 6. The van der Waals surface area contributed by atoms with Gasteiger partial charge in [-0.3, -0.25) is 9.88 Å². The standard InChI is InChI=1S/C19H19F6N4O3P/c1-32-17(31)16-14-8-28(2-3-29(14)18(26-16)19(23,24)25)15(30)6-10(27-33)4-9-5-12(21)13(22)7-11(9)20/h5,7,10,27H,2-4,6,8,33H2,1H3/t10-/m1/s1. The van der Waals surface area contributed by atoms with Crippen molar-refractivity contribution < 1.29 is 40.7 Å². The number of hydrogen-bond acceptors (Lipinski definition) is 5. The Kier molecular flexibility index (Phi) is 7.32. The Morgan fingerprint density at radius 2 is 1.85 bits per heavy atom. The van der Waals surface area contributed by atoms with Crippen LogP contribution in [0.25, 0.3) is 0 Å². The number of hydrogen-bond donors (Lipinski definition) is 1. The highest BCUT2D eigenvalue weighted by atomic mass is 31.0. The van der Waals surface area contributed by atoms with Gasteiger partial charge < -0.3 is 14.2 Å². The smallest absolute Gasteiger partial charge is 0.449 e. The maximum atomic E-state index is 14.0. The second-order valence-corrected chi connectivity index (χ2v) is 7.65. The molecule has 0 aliphatic carbocycles. The molecule has 1 amide bonds. The second-order valence-electron chi connectivity index (χ2n) is 7.32. The van der Waals surface area contributed by atoms with E-state index in [1.54, 1.807) is 0 Å². The average molecular weight is 496 g/mol. The van der Waals surface area contributed by atoms with Crippen LogP contribution >= 0.6 is 9.39 Å². The zero-order chi connectivity index (χ0) is 24.5. The number of alkyl halides is 3. The van der Waals surface area contributed by atoms with Gasteiger partial charge in [0.25, 0.3) is 0 Å². The van der Waals surface area contributed by atoms with Gasteiger partial charge in [0.1, 0.15) is 5.82 Å². The maximum absolute atomic E-state index is 14.0. The third-order valence-corrected chi connectivity index (χ3v) is 5.68. The molecule has 2 aromatic rings. The molecular formula is C19H19F6N4O3P. The number of benzene rings is 1. The molecule has 1 aliphatic rings. The highest BCUT2D eigenvalue weighted by Crippen LogP contribution is 2.32. The summed E-state index contributed by atoms with van der Waals surface area (Å²) in [4.78, 5) is 29.4. The van der Waals surface area contributed by atoms with Crippen LogP contribution in [0.2, 0.25) is 0 Å². The van der Waals surface area contributed by atoms with Crippen molar-refractivity contribution in [1.29, 1.82) is 0 Å². The van der Waals surface area contributed by atoms with Crippen molar-refractivity contribution in [2.75, 3.05) is 13.7 Å². The quantitative estimate of drug-likeness (QED) is 0.288. The number of imidazole rings is 1. The van der Waals surface area contributed by atoms with E-state index in [1.807, 2.05) is 0 Å². The highest BCUT2D eigenvalue weighted by molar-refractivity contribution is 7.13. The molecule has 0 fully saturated rings. The van der Waals surface area contributed by atoms with Crippen LogP contribution in [0.3, 0.4) is 0 Å². The lowest BCUT2D eigenvalue weighted by Crippen LogP contribution is -2.42. The zero-order valence-electron chi connectivity index (χ0n) is 17.2. The first-order valence-electron chi connectivity index (χ1n) is 9.58. The van der Waals surface area contributed by atoms with Gasteiger partial charge in [-0.1, -0.05) is 9.39 Å². The van der Waals surface area contributed by atoms with Crippen molar-refractivity contribution in [3.63, 3.8) is 0 Å². The van der Waals surface area contributed by atoms with Crippen molar-refractivity contribution in [1.82, 2.24) is 19.5 Å². The monoisotopic (exact) mass is 496 g/mol. The predicted octanol–water partition coefficient (Wildman–Crippen LogP) is 2.83. The molecular weight excluding hydrogens is 477 g/mol. The molecule has 2 heterocycles. The molecule has 1 unspecified atom stereocenters. The lowest BCUT2D eigenvalue weighted by molar-refractivity contribution is -0.148. The predicted molar refractivity (Wildman–Crippen MR) is 105 cm³/mol. The zero-order valence-corrected chi connectivity index (χ0v) is 18.3. The SMILES string of the molecule is COC(=O)c1nc(C(F)(F)F)n2c1CN(C(=O)C[C@@H](Cc1cc(F)c(F)cc1F)NP)CC2. The summed E-state index contributed by atoms with van der Waals surface area (Å²) in [5.41, 5.74) is -0.802. The van der Waals surface area contributed by atoms with Crippen LogP contribution in [0, 0.1) is 17.5 Å². The van der Waals surface area contributed by atoms with Crippen molar-refractivity contribution in [2.45, 2.75) is 38.1 Å². The summed E-state index contributed by atoms with van der Waals surface area (Å²) < 4.78 is 85.8. The van der Waals surface area contributed by atoms with Gasteiger partial charge in [-0.05, 0) is 18.1 Å². The van der Waals surface area contributed by atoms with E-state index in [9.17, 15) is 35.9 Å². The van der Waals surface area contributed by atoms with Crippen LogP contribution in [0.1, 0.15) is 34.0 Å². The van der Waals surface area contributed by atoms with Crippen molar-refractivity contribution >= 4 is 21.3 Å². The Labute approximate surface area is 186 Å². The van der Waals surface area contributed by atoms with E-state index in [0.717, 1.165) is 11.7 Å². The molecule has 1 aliphatic heterocycles. The number of nitrogens with zero attached hydrogens (tertiary/aromatic N) is 3. The highest BCUT2D eigenvalue weighted by Gasteiger charge is 2.42. The number of aromatic nitrogens is 2. The molecule has 0 spiro atoms. The summed E-state index contributed by atoms with van der Waals surface area (Å²) in [6.45, 7) is -0.666. The topological polar surface area (TPSA) is 76.5 Å². The molecule has 1 aromatic carbocycles. The number of methoxy groups -OCH3 is 1. The van der Waals surface area contributed by atoms with Crippen molar-refractivity contribution in [2.24, 2.45) is 0 Å². The number of carbonyl (C=O) groups excluding carboxylic acids is 2. The lowest BCUT2D eigenvalue weighted by atomic mass is 10.0. The molecule has 0 bridgehead atoms. The summed E-state index contributed by atoms with van der Waals surface area (Å²) in [6.07, 6.45) is -5.19. The van der Waals surface area contributed by atoms with E-state index >= 15 is 0 Å². The van der Waals surface area contributed by atoms with Gasteiger partial charge in [0, 0.05) is 31.6 Å². The molecule has 0 radical (unpaired) electrons. The van der Waals surface area contributed by atoms with Crippen molar-refractivity contribution in [3.05, 3.63) is 52.4 Å². The van der Waals surface area contributed by atoms with Gasteiger partial charge in [0.05, 0.1) is 19.3 Å². The van der Waals surface area contributed by atoms with Gasteiger partial charge in [0.2, 0.25) is 11.7 Å². The second kappa shape index (κ2) is 9.68. The number of amides is 1. The summed E-state index contributed by atoms with van der Waals surface area (Å²) in [5, 5.41) is 2.71. The van der Waals surface area contributed by atoms with Crippen LogP contribution < -0.4 is 5.09 Å². The number of halogens is 6. The third-order valence-electron chi connectivity index (χ3n) is 5.20. The molecule has 180 valence electrons. The number of esters is 1. The average Bonchev–Trinajstić information content (AvgIpc) is 3.15. The van der Waals surface area contributed by atoms with Crippen LogP contribution in [0.15, 0.2) is 12.1 Å². The first-order valence-corrected chi connectivity index (χ1v) is 10.2. The van der Waals surface area contributed by atoms with E-state index in [0.29, 0.717) is 12.1 Å². The van der Waals surface area contributed by atoms with Gasteiger partial charge in [-0.25, -0.2) is 22.9 Å². The van der Waals surface area contributed by atoms with Gasteiger partial charge >= 0.3 is 12.1 Å². The Bertz CT molecular complexity index is 1070. The number of fused-ring (bicyclic) bond motifs is 1.